The molecule has 98 valence electrons. The molecule has 0 heterocycles. The Morgan fingerprint density at radius 2 is 2.00 bits per heavy atom. The van der Waals surface area contributed by atoms with Crippen LogP contribution in [0.5, 0.6) is 0 Å². The first-order chi connectivity index (χ1) is 8.42. The van der Waals surface area contributed by atoms with E-state index < -0.39 is 16.3 Å². The lowest BCUT2D eigenvalue weighted by Gasteiger charge is -2.25. The summed E-state index contributed by atoms with van der Waals surface area (Å²) in [5.41, 5.74) is 0.995. The first-order valence-corrected chi connectivity index (χ1v) is 7.30. The second-order valence-corrected chi connectivity index (χ2v) is 5.66. The summed E-state index contributed by atoms with van der Waals surface area (Å²) >= 11 is 0. The molecular formula is C13H17NO3S. The lowest BCUT2D eigenvalue weighted by Crippen LogP contribution is -2.37. The SMILES string of the molecule is C#CCN(C)C(Cc1ccccc1)OS(C)(=O)=O. The van der Waals surface area contributed by atoms with Gasteiger partial charge in [0.25, 0.3) is 10.1 Å². The summed E-state index contributed by atoms with van der Waals surface area (Å²) in [4.78, 5) is 1.69. The highest BCUT2D eigenvalue weighted by molar-refractivity contribution is 7.86. The lowest BCUT2D eigenvalue weighted by molar-refractivity contribution is 0.0625. The summed E-state index contributed by atoms with van der Waals surface area (Å²) in [6.07, 6.45) is 6.14. The number of rotatable bonds is 6. The van der Waals surface area contributed by atoms with Crippen LogP contribution in [0.2, 0.25) is 0 Å². The molecule has 0 aliphatic heterocycles. The van der Waals surface area contributed by atoms with Crippen molar-refractivity contribution in [3.05, 3.63) is 35.9 Å². The third-order valence-corrected chi connectivity index (χ3v) is 2.94. The van der Waals surface area contributed by atoms with Crippen LogP contribution in [0.25, 0.3) is 0 Å². The molecule has 18 heavy (non-hydrogen) atoms. The maximum Gasteiger partial charge on any atom is 0.265 e. The molecule has 0 amide bonds. The average molecular weight is 267 g/mol. The van der Waals surface area contributed by atoms with Gasteiger partial charge in [-0.1, -0.05) is 36.3 Å². The molecule has 1 aromatic carbocycles. The number of likely N-dealkylation sites (N-methyl/N-ethyl adjacent to an activating group) is 1. The van der Waals surface area contributed by atoms with Crippen molar-refractivity contribution >= 4 is 10.1 Å². The summed E-state index contributed by atoms with van der Waals surface area (Å²) in [6, 6.07) is 9.54. The number of hydrogen-bond donors (Lipinski definition) is 0. The van der Waals surface area contributed by atoms with Crippen molar-refractivity contribution in [2.75, 3.05) is 19.8 Å². The zero-order chi connectivity index (χ0) is 13.6. The van der Waals surface area contributed by atoms with E-state index in [0.717, 1.165) is 11.8 Å². The van der Waals surface area contributed by atoms with Crippen LogP contribution < -0.4 is 0 Å². The minimum atomic E-state index is -3.52. The first kappa shape index (κ1) is 14.7. The minimum Gasteiger partial charge on any atom is -0.269 e. The second kappa shape index (κ2) is 6.55. The van der Waals surface area contributed by atoms with Crippen molar-refractivity contribution in [1.29, 1.82) is 0 Å². The third kappa shape index (κ3) is 5.32. The van der Waals surface area contributed by atoms with Gasteiger partial charge >= 0.3 is 0 Å². The maximum atomic E-state index is 11.2. The molecule has 0 radical (unpaired) electrons. The Bertz CT molecular complexity index is 505. The van der Waals surface area contributed by atoms with Crippen LogP contribution in [0.1, 0.15) is 5.56 Å². The molecule has 1 rings (SSSR count). The summed E-state index contributed by atoms with van der Waals surface area (Å²) in [6.45, 7) is 0.326. The summed E-state index contributed by atoms with van der Waals surface area (Å²) < 4.78 is 27.5. The van der Waals surface area contributed by atoms with Crippen LogP contribution in [-0.2, 0) is 20.7 Å². The molecule has 0 aromatic heterocycles. The highest BCUT2D eigenvalue weighted by Crippen LogP contribution is 2.11. The Labute approximate surface area is 109 Å². The third-order valence-electron chi connectivity index (χ3n) is 2.37. The highest BCUT2D eigenvalue weighted by atomic mass is 32.2. The van der Waals surface area contributed by atoms with E-state index in [2.05, 4.69) is 5.92 Å². The van der Waals surface area contributed by atoms with Crippen molar-refractivity contribution in [2.24, 2.45) is 0 Å². The van der Waals surface area contributed by atoms with Gasteiger partial charge in [-0.3, -0.25) is 9.08 Å². The van der Waals surface area contributed by atoms with Gasteiger partial charge in [0.2, 0.25) is 0 Å². The summed E-state index contributed by atoms with van der Waals surface area (Å²) in [5.74, 6) is 2.47. The topological polar surface area (TPSA) is 46.6 Å². The monoisotopic (exact) mass is 267 g/mol. The van der Waals surface area contributed by atoms with Crippen LogP contribution in [0.3, 0.4) is 0 Å². The summed E-state index contributed by atoms with van der Waals surface area (Å²) in [7, 11) is -1.78. The van der Waals surface area contributed by atoms with E-state index in [9.17, 15) is 8.42 Å². The van der Waals surface area contributed by atoms with Crippen molar-refractivity contribution in [3.63, 3.8) is 0 Å². The fourth-order valence-electron chi connectivity index (χ4n) is 1.53. The Hall–Kier alpha value is -1.35. The van der Waals surface area contributed by atoms with Gasteiger partial charge in [-0.25, -0.2) is 0 Å². The van der Waals surface area contributed by atoms with Crippen LogP contribution in [0.15, 0.2) is 30.3 Å². The molecule has 5 heteroatoms. The van der Waals surface area contributed by atoms with Crippen LogP contribution in [0.4, 0.5) is 0 Å². The molecule has 0 saturated heterocycles. The minimum absolute atomic E-state index is 0.326. The Morgan fingerprint density at radius 3 is 2.50 bits per heavy atom. The van der Waals surface area contributed by atoms with Gasteiger partial charge in [0, 0.05) is 6.42 Å². The zero-order valence-corrected chi connectivity index (χ0v) is 11.4. The normalized spacial score (nSPS) is 13.2. The van der Waals surface area contributed by atoms with Crippen molar-refractivity contribution in [1.82, 2.24) is 4.90 Å². The van der Waals surface area contributed by atoms with Crippen LogP contribution in [-0.4, -0.2) is 39.4 Å². The van der Waals surface area contributed by atoms with E-state index in [4.69, 9.17) is 10.6 Å². The average Bonchev–Trinajstić information content (AvgIpc) is 2.28. The van der Waals surface area contributed by atoms with Crippen LogP contribution in [0, 0.1) is 12.3 Å². The van der Waals surface area contributed by atoms with Gasteiger partial charge in [0.1, 0.15) is 6.23 Å². The molecule has 0 aliphatic carbocycles. The van der Waals surface area contributed by atoms with Gasteiger partial charge in [-0.2, -0.15) is 8.42 Å². The Kier molecular flexibility index (Phi) is 5.35. The molecule has 0 bridgehead atoms. The molecule has 1 atom stereocenters. The van der Waals surface area contributed by atoms with E-state index in [1.807, 2.05) is 30.3 Å². The standard InChI is InChI=1S/C13H17NO3S/c1-4-10-14(2)13(17-18(3,15)16)11-12-8-6-5-7-9-12/h1,5-9,13H,10-11H2,2-3H3. The largest absolute Gasteiger partial charge is 0.269 e. The number of terminal acetylenes is 1. The van der Waals surface area contributed by atoms with Gasteiger partial charge in [-0.15, -0.1) is 6.42 Å². The maximum absolute atomic E-state index is 11.2. The quantitative estimate of drug-likeness (QED) is 0.440. The fourth-order valence-corrected chi connectivity index (χ4v) is 2.15. The van der Waals surface area contributed by atoms with E-state index >= 15 is 0 Å². The molecule has 1 aromatic rings. The molecule has 0 fully saturated rings. The number of benzene rings is 1. The predicted molar refractivity (Wildman–Crippen MR) is 71.3 cm³/mol. The Morgan fingerprint density at radius 1 is 1.39 bits per heavy atom. The van der Waals surface area contributed by atoms with Crippen molar-refractivity contribution in [2.45, 2.75) is 12.6 Å². The highest BCUT2D eigenvalue weighted by Gasteiger charge is 2.20. The molecular weight excluding hydrogens is 250 g/mol. The summed E-state index contributed by atoms with van der Waals surface area (Å²) in [5, 5.41) is 0. The fraction of sp³-hybridized carbons (Fsp3) is 0.385. The molecule has 0 saturated carbocycles. The van der Waals surface area contributed by atoms with Crippen molar-refractivity contribution in [3.8, 4) is 12.3 Å². The van der Waals surface area contributed by atoms with Gasteiger partial charge < -0.3 is 0 Å². The van der Waals surface area contributed by atoms with E-state index in [0.29, 0.717) is 13.0 Å². The smallest absolute Gasteiger partial charge is 0.265 e. The van der Waals surface area contributed by atoms with Gasteiger partial charge in [0.15, 0.2) is 0 Å². The molecule has 4 nitrogen and oxygen atoms in total. The lowest BCUT2D eigenvalue weighted by atomic mass is 10.1. The molecule has 1 unspecified atom stereocenters. The molecule has 0 N–H and O–H groups in total. The van der Waals surface area contributed by atoms with Crippen molar-refractivity contribution < 1.29 is 12.6 Å². The van der Waals surface area contributed by atoms with Gasteiger partial charge in [0.05, 0.1) is 12.8 Å². The van der Waals surface area contributed by atoms with E-state index in [1.54, 1.807) is 11.9 Å². The predicted octanol–water partition coefficient (Wildman–Crippen LogP) is 1.10. The van der Waals surface area contributed by atoms with Gasteiger partial charge in [-0.05, 0) is 12.6 Å². The number of hydrogen-bond acceptors (Lipinski definition) is 4. The number of nitrogens with zero attached hydrogens (tertiary/aromatic N) is 1. The van der Waals surface area contributed by atoms with E-state index in [-0.39, 0.29) is 0 Å². The van der Waals surface area contributed by atoms with E-state index in [1.165, 1.54) is 0 Å². The second-order valence-electron chi connectivity index (χ2n) is 4.06. The van der Waals surface area contributed by atoms with Crippen LogP contribution >= 0.6 is 0 Å². The zero-order valence-electron chi connectivity index (χ0n) is 10.5. The first-order valence-electron chi connectivity index (χ1n) is 5.48. The molecule has 0 aliphatic rings. The Balaban J connectivity index is 2.81. The molecule has 0 spiro atoms.